The van der Waals surface area contributed by atoms with Crippen LogP contribution in [0.5, 0.6) is 0 Å². The van der Waals surface area contributed by atoms with Crippen LogP contribution < -0.4 is 76.9 Å². The number of nitrogens with one attached hydrogen (secondary N) is 8. The van der Waals surface area contributed by atoms with Crippen LogP contribution in [0.15, 0.2) is 9.98 Å². The van der Waals surface area contributed by atoms with Crippen molar-refractivity contribution < 1.29 is 83.1 Å². The number of nitrogens with two attached hydrogens (primary N) is 6. The summed E-state index contributed by atoms with van der Waals surface area (Å²) in [5.74, 6) is -15.1. The van der Waals surface area contributed by atoms with Gasteiger partial charge in [-0.05, 0) is 83.6 Å². The van der Waals surface area contributed by atoms with E-state index < -0.39 is 177 Å². The highest BCUT2D eigenvalue weighted by Crippen LogP contribution is 2.10. The molecule has 0 rings (SSSR count). The Bertz CT molecular complexity index is 2090. The lowest BCUT2D eigenvalue weighted by Gasteiger charge is -2.28. The largest absolute Gasteiger partial charge is 0.481 e. The van der Waals surface area contributed by atoms with E-state index in [0.29, 0.717) is 6.42 Å². The SMILES string of the molecule is CC(NC(=O)C(CCC(=O)O)NC(=O)C(N)CCCN=C(N)N)C(=O)NC(CCCN=C(N)N)C(=O)NC(CO)C(=O)NC(CCCCN)C(=O)NC(CCC(=O)O)C(=O)NC(C(=O)NC(CCC(=O)O)C(=O)O)C(C)C. The molecule has 0 aromatic rings. The van der Waals surface area contributed by atoms with Crippen LogP contribution in [-0.4, -0.2) is 189 Å². The molecule has 0 saturated heterocycles. The van der Waals surface area contributed by atoms with E-state index in [9.17, 15) is 78.0 Å². The van der Waals surface area contributed by atoms with Gasteiger partial charge in [-0.3, -0.25) is 62.7 Å². The van der Waals surface area contributed by atoms with Crippen molar-refractivity contribution >= 4 is 83.1 Å². The molecule has 0 radical (unpaired) electrons. The Morgan fingerprint density at radius 2 is 0.792 bits per heavy atom. The van der Waals surface area contributed by atoms with Crippen molar-refractivity contribution in [1.82, 2.24) is 42.5 Å². The summed E-state index contributed by atoms with van der Waals surface area (Å²) in [4.78, 5) is 162. The molecular weight excluding hydrogens is 1020 g/mol. The number of hydrogen-bond donors (Lipinski definition) is 19. The minimum Gasteiger partial charge on any atom is -0.481 e. The third-order valence-electron chi connectivity index (χ3n) is 11.1. The summed E-state index contributed by atoms with van der Waals surface area (Å²) >= 11 is 0. The van der Waals surface area contributed by atoms with Crippen LogP contribution in [0.2, 0.25) is 0 Å². The van der Waals surface area contributed by atoms with Gasteiger partial charge in [-0.25, -0.2) is 4.79 Å². The molecule has 25 N–H and O–H groups in total. The van der Waals surface area contributed by atoms with Crippen LogP contribution in [-0.2, 0) is 57.5 Å². The molecule has 9 atom stereocenters. The predicted molar refractivity (Wildman–Crippen MR) is 272 cm³/mol. The number of rotatable bonds is 40. The monoisotopic (exact) mass is 1100 g/mol. The van der Waals surface area contributed by atoms with Crippen molar-refractivity contribution in [3.8, 4) is 0 Å². The standard InChI is InChI=1S/C44H78N16O17/c1-21(2)33(41(75)58-28(42(76)77)13-16-32(66)67)60-39(73)27(12-15-31(64)65)57-37(71)24(9-4-5-17-45)56-40(74)29(20-61)59-38(72)25(10-7-19-52-44(49)50)54-34(68)22(3)53-36(70)26(11-14-30(62)63)55-35(69)23(46)8-6-18-51-43(47)48/h21-29,33,61H,4-20,45-46H2,1-3H3,(H,53,70)(H,54,68)(H,55,69)(H,56,74)(H,57,71)(H,58,75)(H,59,72)(H,60,73)(H,62,63)(H,64,65)(H,66,67)(H,76,77)(H4,47,48,51)(H4,49,50,52). The molecule has 33 nitrogen and oxygen atoms in total. The van der Waals surface area contributed by atoms with Crippen LogP contribution in [0, 0.1) is 5.92 Å². The second kappa shape index (κ2) is 36.9. The Morgan fingerprint density at radius 1 is 0.429 bits per heavy atom. The van der Waals surface area contributed by atoms with E-state index >= 15 is 0 Å². The summed E-state index contributed by atoms with van der Waals surface area (Å²) in [5.41, 5.74) is 33.0. The summed E-state index contributed by atoms with van der Waals surface area (Å²) in [6.07, 6.45) is -2.90. The van der Waals surface area contributed by atoms with Gasteiger partial charge in [0.15, 0.2) is 11.9 Å². The lowest BCUT2D eigenvalue weighted by molar-refractivity contribution is -0.144. The van der Waals surface area contributed by atoms with Crippen LogP contribution in [0.25, 0.3) is 0 Å². The summed E-state index contributed by atoms with van der Waals surface area (Å²) in [5, 5.41) is 66.2. The molecule has 0 aliphatic carbocycles. The third kappa shape index (κ3) is 29.7. The molecule has 0 saturated carbocycles. The molecule has 77 heavy (non-hydrogen) atoms. The van der Waals surface area contributed by atoms with Crippen molar-refractivity contribution in [2.75, 3.05) is 26.2 Å². The number of aliphatic hydroxyl groups excluding tert-OH is 1. The van der Waals surface area contributed by atoms with E-state index in [1.54, 1.807) is 0 Å². The van der Waals surface area contributed by atoms with Gasteiger partial charge >= 0.3 is 23.9 Å². The maximum atomic E-state index is 13.9. The van der Waals surface area contributed by atoms with Crippen LogP contribution in [0.1, 0.15) is 104 Å². The number of carboxylic acid groups (broad SMARTS) is 4. The van der Waals surface area contributed by atoms with E-state index in [2.05, 4.69) is 52.5 Å². The van der Waals surface area contributed by atoms with Crippen molar-refractivity contribution in [2.45, 2.75) is 159 Å². The van der Waals surface area contributed by atoms with E-state index in [-0.39, 0.29) is 70.1 Å². The summed E-state index contributed by atoms with van der Waals surface area (Å²) in [6, 6.07) is -13.9. The van der Waals surface area contributed by atoms with Crippen molar-refractivity contribution in [2.24, 2.45) is 50.3 Å². The minimum absolute atomic E-state index is 0.0285. The number of unbranched alkanes of at least 4 members (excludes halogenated alkanes) is 1. The average Bonchev–Trinajstić information content (AvgIpc) is 3.34. The zero-order valence-corrected chi connectivity index (χ0v) is 43.3. The van der Waals surface area contributed by atoms with Crippen molar-refractivity contribution in [3.63, 3.8) is 0 Å². The Kier molecular flexibility index (Phi) is 33.1. The normalized spacial score (nSPS) is 14.4. The van der Waals surface area contributed by atoms with Gasteiger partial charge in [-0.15, -0.1) is 0 Å². The second-order valence-corrected chi connectivity index (χ2v) is 17.9. The number of guanidine groups is 2. The summed E-state index contributed by atoms with van der Waals surface area (Å²) < 4.78 is 0. The molecular formula is C44H78N16O17. The predicted octanol–water partition coefficient (Wildman–Crippen LogP) is -7.22. The quantitative estimate of drug-likeness (QED) is 0.0154. The molecule has 0 spiro atoms. The number of nitrogens with zero attached hydrogens (tertiary/aromatic N) is 2. The van der Waals surface area contributed by atoms with Gasteiger partial charge in [0.05, 0.1) is 12.6 Å². The molecule has 0 bridgehead atoms. The highest BCUT2D eigenvalue weighted by molar-refractivity contribution is 5.98. The molecule has 0 aliphatic rings. The van der Waals surface area contributed by atoms with Gasteiger partial charge in [-0.1, -0.05) is 13.8 Å². The zero-order chi connectivity index (χ0) is 58.9. The molecule has 0 aromatic heterocycles. The Hall–Kier alpha value is -7.94. The summed E-state index contributed by atoms with van der Waals surface area (Å²) in [6.45, 7) is 3.27. The topological polar surface area (TPSA) is 583 Å². The average molecular weight is 1100 g/mol. The zero-order valence-electron chi connectivity index (χ0n) is 43.3. The number of carbonyl (C=O) groups is 12. The smallest absolute Gasteiger partial charge is 0.326 e. The van der Waals surface area contributed by atoms with E-state index in [4.69, 9.17) is 39.5 Å². The second-order valence-electron chi connectivity index (χ2n) is 17.9. The van der Waals surface area contributed by atoms with Crippen LogP contribution in [0.3, 0.4) is 0 Å². The molecule has 33 heteroatoms. The highest BCUT2D eigenvalue weighted by Gasteiger charge is 2.35. The summed E-state index contributed by atoms with van der Waals surface area (Å²) in [7, 11) is 0. The first kappa shape index (κ1) is 69.1. The van der Waals surface area contributed by atoms with Crippen molar-refractivity contribution in [1.29, 1.82) is 0 Å². The molecule has 9 unspecified atom stereocenters. The van der Waals surface area contributed by atoms with Crippen molar-refractivity contribution in [3.05, 3.63) is 0 Å². The van der Waals surface area contributed by atoms with Gasteiger partial charge < -0.3 is 102 Å². The first-order valence-corrected chi connectivity index (χ1v) is 24.5. The van der Waals surface area contributed by atoms with E-state index in [1.165, 1.54) is 20.8 Å². The molecule has 8 amide bonds. The highest BCUT2D eigenvalue weighted by atomic mass is 16.4. The Labute approximate surface area is 443 Å². The fraction of sp³-hybridized carbons (Fsp3) is 0.682. The molecule has 0 heterocycles. The maximum absolute atomic E-state index is 13.9. The third-order valence-corrected chi connectivity index (χ3v) is 11.1. The fourth-order valence-corrected chi connectivity index (χ4v) is 6.80. The molecule has 0 aliphatic heterocycles. The molecule has 0 fully saturated rings. The lowest BCUT2D eigenvalue weighted by Crippen LogP contribution is -2.61. The van der Waals surface area contributed by atoms with Gasteiger partial charge in [0.1, 0.15) is 48.3 Å². The van der Waals surface area contributed by atoms with Gasteiger partial charge in [0.2, 0.25) is 47.3 Å². The molecule has 0 aromatic carbocycles. The van der Waals surface area contributed by atoms with Gasteiger partial charge in [0.25, 0.3) is 0 Å². The number of aliphatic imine (C=N–C) groups is 2. The molecule has 436 valence electrons. The number of aliphatic carboxylic acids is 4. The van der Waals surface area contributed by atoms with Gasteiger partial charge in [0, 0.05) is 32.4 Å². The van der Waals surface area contributed by atoms with Crippen LogP contribution >= 0.6 is 0 Å². The number of amides is 8. The lowest BCUT2D eigenvalue weighted by atomic mass is 10.0. The first-order valence-electron chi connectivity index (χ1n) is 24.5. The van der Waals surface area contributed by atoms with Gasteiger partial charge in [-0.2, -0.15) is 0 Å². The fourth-order valence-electron chi connectivity index (χ4n) is 6.80. The Morgan fingerprint density at radius 3 is 1.22 bits per heavy atom. The minimum atomic E-state index is -1.83. The first-order chi connectivity index (χ1) is 36.0. The van der Waals surface area contributed by atoms with E-state index in [1.807, 2.05) is 0 Å². The maximum Gasteiger partial charge on any atom is 0.326 e. The number of carboxylic acids is 4. The number of hydrogen-bond acceptors (Lipinski definition) is 17. The van der Waals surface area contributed by atoms with E-state index in [0.717, 1.165) is 0 Å². The number of carbonyl (C=O) groups excluding carboxylic acids is 8. The Balaban J connectivity index is 6.51. The van der Waals surface area contributed by atoms with Crippen LogP contribution in [0.4, 0.5) is 0 Å². The number of aliphatic hydroxyl groups is 1.